The van der Waals surface area contributed by atoms with Gasteiger partial charge in [0.2, 0.25) is 0 Å². The highest BCUT2D eigenvalue weighted by Gasteiger charge is 2.17. The predicted octanol–water partition coefficient (Wildman–Crippen LogP) is 4.86. The maximum atomic E-state index is 12.4. The lowest BCUT2D eigenvalue weighted by Crippen LogP contribution is -2.35. The molecule has 2 aromatic rings. The highest BCUT2D eigenvalue weighted by molar-refractivity contribution is 5.80. The second-order valence-corrected chi connectivity index (χ2v) is 8.40. The van der Waals surface area contributed by atoms with Crippen molar-refractivity contribution in [3.05, 3.63) is 53.6 Å². The lowest BCUT2D eigenvalue weighted by Gasteiger charge is -2.20. The van der Waals surface area contributed by atoms with Crippen molar-refractivity contribution in [2.24, 2.45) is 0 Å². The summed E-state index contributed by atoms with van der Waals surface area (Å²) in [5.74, 6) is 1.84. The van der Waals surface area contributed by atoms with Crippen LogP contribution in [-0.4, -0.2) is 25.2 Å². The summed E-state index contributed by atoms with van der Waals surface area (Å²) in [7, 11) is 1.60. The minimum absolute atomic E-state index is 0.0601. The first kappa shape index (κ1) is 22.6. The first-order valence-electron chi connectivity index (χ1n) is 9.98. The molecule has 0 spiro atoms. The van der Waals surface area contributed by atoms with Gasteiger partial charge in [-0.15, -0.1) is 0 Å². The number of amides is 1. The minimum atomic E-state index is -0.596. The van der Waals surface area contributed by atoms with E-state index in [0.29, 0.717) is 23.8 Å². The molecule has 0 saturated heterocycles. The molecule has 1 amide bonds. The third-order valence-electron chi connectivity index (χ3n) is 4.46. The Morgan fingerprint density at radius 2 is 1.62 bits per heavy atom. The molecule has 158 valence electrons. The summed E-state index contributed by atoms with van der Waals surface area (Å²) in [4.78, 5) is 12.4. The van der Waals surface area contributed by atoms with Gasteiger partial charge in [0.25, 0.3) is 5.91 Å². The van der Waals surface area contributed by atoms with Gasteiger partial charge >= 0.3 is 0 Å². The van der Waals surface area contributed by atoms with Crippen molar-refractivity contribution in [2.45, 2.75) is 65.7 Å². The van der Waals surface area contributed by atoms with Gasteiger partial charge in [-0.3, -0.25) is 4.79 Å². The Hall–Kier alpha value is -2.69. The van der Waals surface area contributed by atoms with Gasteiger partial charge in [0.15, 0.2) is 17.6 Å². The van der Waals surface area contributed by atoms with Crippen LogP contribution in [0.2, 0.25) is 0 Å². The fourth-order valence-corrected chi connectivity index (χ4v) is 2.80. The number of benzene rings is 2. The first-order valence-corrected chi connectivity index (χ1v) is 9.98. The summed E-state index contributed by atoms with van der Waals surface area (Å²) in [5.41, 5.74) is 2.23. The molecule has 2 aromatic carbocycles. The normalized spacial score (nSPS) is 12.4. The van der Waals surface area contributed by atoms with Gasteiger partial charge in [-0.1, -0.05) is 39.0 Å². The van der Waals surface area contributed by atoms with E-state index in [1.807, 2.05) is 56.3 Å². The number of rotatable bonds is 8. The molecule has 5 heteroatoms. The van der Waals surface area contributed by atoms with Crippen molar-refractivity contribution < 1.29 is 19.0 Å². The third-order valence-corrected chi connectivity index (χ3v) is 4.46. The van der Waals surface area contributed by atoms with Gasteiger partial charge in [0.1, 0.15) is 5.75 Å². The Labute approximate surface area is 174 Å². The van der Waals surface area contributed by atoms with Crippen LogP contribution in [-0.2, 0) is 16.8 Å². The summed E-state index contributed by atoms with van der Waals surface area (Å²) in [5, 5.41) is 2.91. The van der Waals surface area contributed by atoms with Gasteiger partial charge in [-0.2, -0.15) is 0 Å². The molecule has 0 aliphatic rings. The molecule has 0 bridgehead atoms. The van der Waals surface area contributed by atoms with Crippen molar-refractivity contribution >= 4 is 5.91 Å². The molecule has 0 saturated carbocycles. The zero-order valence-corrected chi connectivity index (χ0v) is 18.5. The Kier molecular flexibility index (Phi) is 7.54. The van der Waals surface area contributed by atoms with Crippen LogP contribution >= 0.6 is 0 Å². The zero-order chi connectivity index (χ0) is 21.6. The van der Waals surface area contributed by atoms with E-state index in [2.05, 4.69) is 26.1 Å². The van der Waals surface area contributed by atoms with Crippen LogP contribution in [0.25, 0.3) is 0 Å². The van der Waals surface area contributed by atoms with Crippen LogP contribution in [0.5, 0.6) is 17.2 Å². The fourth-order valence-electron chi connectivity index (χ4n) is 2.80. The Bertz CT molecular complexity index is 807. The number of carbonyl (C=O) groups excluding carboxylic acids is 1. The Morgan fingerprint density at radius 3 is 2.17 bits per heavy atom. The van der Waals surface area contributed by atoms with E-state index in [-0.39, 0.29) is 17.4 Å². The van der Waals surface area contributed by atoms with Gasteiger partial charge in [0, 0.05) is 6.54 Å². The van der Waals surface area contributed by atoms with E-state index in [1.165, 1.54) is 5.56 Å². The van der Waals surface area contributed by atoms with Gasteiger partial charge in [0.05, 0.1) is 13.2 Å². The molecule has 2 rings (SSSR count). The molecule has 1 N–H and O–H groups in total. The molecule has 0 heterocycles. The molecule has 0 aromatic heterocycles. The van der Waals surface area contributed by atoms with Crippen molar-refractivity contribution in [3.8, 4) is 17.2 Å². The number of nitrogens with one attached hydrogen (secondary N) is 1. The Morgan fingerprint density at radius 1 is 0.966 bits per heavy atom. The average Bonchev–Trinajstić information content (AvgIpc) is 2.66. The van der Waals surface area contributed by atoms with E-state index in [0.717, 1.165) is 5.56 Å². The Balaban J connectivity index is 1.93. The maximum absolute atomic E-state index is 12.4. The van der Waals surface area contributed by atoms with Crippen LogP contribution in [0.3, 0.4) is 0 Å². The van der Waals surface area contributed by atoms with Gasteiger partial charge in [-0.05, 0) is 61.6 Å². The van der Waals surface area contributed by atoms with Crippen LogP contribution in [0.1, 0.15) is 52.7 Å². The SMILES string of the molecule is COc1cc(CNC(=O)C(C)Oc2ccc(C(C)(C)C)cc2)ccc1OC(C)C. The van der Waals surface area contributed by atoms with Crippen molar-refractivity contribution in [3.63, 3.8) is 0 Å². The number of ether oxygens (including phenoxy) is 3. The van der Waals surface area contributed by atoms with Gasteiger partial charge < -0.3 is 19.5 Å². The molecular weight excluding hydrogens is 366 g/mol. The lowest BCUT2D eigenvalue weighted by molar-refractivity contribution is -0.127. The minimum Gasteiger partial charge on any atom is -0.493 e. The first-order chi connectivity index (χ1) is 13.6. The highest BCUT2D eigenvalue weighted by Crippen LogP contribution is 2.29. The van der Waals surface area contributed by atoms with E-state index in [9.17, 15) is 4.79 Å². The zero-order valence-electron chi connectivity index (χ0n) is 18.5. The molecule has 29 heavy (non-hydrogen) atoms. The maximum Gasteiger partial charge on any atom is 0.261 e. The molecular formula is C24H33NO4. The summed E-state index contributed by atoms with van der Waals surface area (Å²) in [6.07, 6.45) is -0.536. The number of carbonyl (C=O) groups is 1. The lowest BCUT2D eigenvalue weighted by atomic mass is 9.87. The summed E-state index contributed by atoms with van der Waals surface area (Å²) in [6.45, 7) is 12.5. The predicted molar refractivity (Wildman–Crippen MR) is 116 cm³/mol. The van der Waals surface area contributed by atoms with Crippen molar-refractivity contribution in [1.82, 2.24) is 5.32 Å². The van der Waals surface area contributed by atoms with Crippen molar-refractivity contribution in [2.75, 3.05) is 7.11 Å². The molecule has 0 fully saturated rings. The smallest absolute Gasteiger partial charge is 0.261 e. The second kappa shape index (κ2) is 9.68. The van der Waals surface area contributed by atoms with Crippen LogP contribution < -0.4 is 19.5 Å². The molecule has 0 aliphatic heterocycles. The van der Waals surface area contributed by atoms with E-state index < -0.39 is 6.10 Å². The third kappa shape index (κ3) is 6.70. The summed E-state index contributed by atoms with van der Waals surface area (Å²) < 4.78 is 16.9. The monoisotopic (exact) mass is 399 g/mol. The van der Waals surface area contributed by atoms with E-state index in [4.69, 9.17) is 14.2 Å². The molecule has 0 aliphatic carbocycles. The molecule has 1 unspecified atom stereocenters. The van der Waals surface area contributed by atoms with Gasteiger partial charge in [-0.25, -0.2) is 0 Å². The number of methoxy groups -OCH3 is 1. The molecule has 1 atom stereocenters. The standard InChI is InChI=1S/C24H33NO4/c1-16(2)28-21-13-8-18(14-22(21)27-7)15-25-23(26)17(3)29-20-11-9-19(10-12-20)24(4,5)6/h8-14,16-17H,15H2,1-7H3,(H,25,26). The summed E-state index contributed by atoms with van der Waals surface area (Å²) in [6, 6.07) is 13.5. The average molecular weight is 400 g/mol. The largest absolute Gasteiger partial charge is 0.493 e. The van der Waals surface area contributed by atoms with Crippen molar-refractivity contribution in [1.29, 1.82) is 0 Å². The molecule has 5 nitrogen and oxygen atoms in total. The summed E-state index contributed by atoms with van der Waals surface area (Å²) >= 11 is 0. The molecule has 0 radical (unpaired) electrons. The number of hydrogen-bond donors (Lipinski definition) is 1. The van der Waals surface area contributed by atoms with Crippen LogP contribution in [0.4, 0.5) is 0 Å². The quantitative estimate of drug-likeness (QED) is 0.688. The highest BCUT2D eigenvalue weighted by atomic mass is 16.5. The van der Waals surface area contributed by atoms with E-state index in [1.54, 1.807) is 14.0 Å². The van der Waals surface area contributed by atoms with Crippen LogP contribution in [0.15, 0.2) is 42.5 Å². The fraction of sp³-hybridized carbons (Fsp3) is 0.458. The number of hydrogen-bond acceptors (Lipinski definition) is 4. The van der Waals surface area contributed by atoms with Crippen LogP contribution in [0, 0.1) is 0 Å². The van der Waals surface area contributed by atoms with E-state index >= 15 is 0 Å². The second-order valence-electron chi connectivity index (χ2n) is 8.40. The topological polar surface area (TPSA) is 56.8 Å².